The molecule has 0 aromatic rings. The molecule has 22 heavy (non-hydrogen) atoms. The standard InChI is InChI=1S/C6H14O4.C4H10O6S2/c7-1-3-9-5-6-10-4-2-8;1-11(5,6)9-3-4-10-12(2,7)8/h7-8H,1-6H2;3-4H2,1-2H3. The molecule has 0 bridgehead atoms. The van der Waals surface area contributed by atoms with E-state index >= 15 is 0 Å². The van der Waals surface area contributed by atoms with Crippen LogP contribution in [-0.4, -0.2) is 92.4 Å². The van der Waals surface area contributed by atoms with Crippen LogP contribution < -0.4 is 0 Å². The SMILES string of the molecule is CS(=O)(=O)OCCOS(C)(=O)=O.OCCOCCOCCO. The Kier molecular flexibility index (Phi) is 15.5. The summed E-state index contributed by atoms with van der Waals surface area (Å²) in [4.78, 5) is 0. The molecule has 0 unspecified atom stereocenters. The first-order valence-corrected chi connectivity index (χ1v) is 9.81. The van der Waals surface area contributed by atoms with Crippen molar-refractivity contribution in [2.75, 3.05) is 65.4 Å². The molecule has 12 heteroatoms. The number of rotatable bonds is 12. The van der Waals surface area contributed by atoms with Crippen LogP contribution in [0.25, 0.3) is 0 Å². The van der Waals surface area contributed by atoms with Crippen molar-refractivity contribution in [3.63, 3.8) is 0 Å². The maximum Gasteiger partial charge on any atom is 0.264 e. The molecule has 0 amide bonds. The van der Waals surface area contributed by atoms with Crippen LogP contribution in [0, 0.1) is 0 Å². The summed E-state index contributed by atoms with van der Waals surface area (Å²) in [5.41, 5.74) is 0. The predicted molar refractivity (Wildman–Crippen MR) is 77.4 cm³/mol. The molecule has 0 atom stereocenters. The largest absolute Gasteiger partial charge is 0.394 e. The van der Waals surface area contributed by atoms with Gasteiger partial charge in [-0.15, -0.1) is 0 Å². The van der Waals surface area contributed by atoms with Gasteiger partial charge < -0.3 is 19.7 Å². The van der Waals surface area contributed by atoms with Crippen LogP contribution in [-0.2, 0) is 38.1 Å². The van der Waals surface area contributed by atoms with Crippen LogP contribution in [0.1, 0.15) is 0 Å². The number of aliphatic hydroxyl groups is 2. The van der Waals surface area contributed by atoms with Crippen LogP contribution in [0.5, 0.6) is 0 Å². The van der Waals surface area contributed by atoms with E-state index in [1.165, 1.54) is 0 Å². The van der Waals surface area contributed by atoms with Gasteiger partial charge in [0, 0.05) is 0 Å². The van der Waals surface area contributed by atoms with Gasteiger partial charge in [-0.2, -0.15) is 16.8 Å². The lowest BCUT2D eigenvalue weighted by atomic mass is 10.7. The molecular formula is C10H24O10S2. The van der Waals surface area contributed by atoms with Crippen molar-refractivity contribution >= 4 is 20.2 Å². The van der Waals surface area contributed by atoms with Crippen LogP contribution in [0.2, 0.25) is 0 Å². The van der Waals surface area contributed by atoms with Gasteiger partial charge in [-0.25, -0.2) is 0 Å². The molecule has 0 aromatic heterocycles. The van der Waals surface area contributed by atoms with Gasteiger partial charge in [0.1, 0.15) is 0 Å². The third-order valence-electron chi connectivity index (χ3n) is 1.52. The fourth-order valence-corrected chi connectivity index (χ4v) is 1.56. The van der Waals surface area contributed by atoms with Gasteiger partial charge in [0.25, 0.3) is 20.2 Å². The van der Waals surface area contributed by atoms with Crippen molar-refractivity contribution in [1.82, 2.24) is 0 Å². The molecule has 2 N–H and O–H groups in total. The van der Waals surface area contributed by atoms with E-state index in [4.69, 9.17) is 19.7 Å². The van der Waals surface area contributed by atoms with Gasteiger partial charge in [-0.3, -0.25) is 8.37 Å². The lowest BCUT2D eigenvalue weighted by Crippen LogP contribution is -2.12. The predicted octanol–water partition coefficient (Wildman–Crippen LogP) is -2.06. The molecule has 0 aliphatic heterocycles. The minimum absolute atomic E-state index is 0.0417. The van der Waals surface area contributed by atoms with E-state index in [1.807, 2.05) is 0 Å². The molecule has 0 saturated heterocycles. The maximum absolute atomic E-state index is 10.3. The lowest BCUT2D eigenvalue weighted by Gasteiger charge is -2.01. The normalized spacial score (nSPS) is 11.8. The van der Waals surface area contributed by atoms with E-state index in [2.05, 4.69) is 8.37 Å². The molecule has 0 saturated carbocycles. The van der Waals surface area contributed by atoms with E-state index in [0.29, 0.717) is 26.4 Å². The zero-order valence-corrected chi connectivity index (χ0v) is 14.3. The first-order chi connectivity index (χ1) is 10.1. The Morgan fingerprint density at radius 3 is 1.18 bits per heavy atom. The fourth-order valence-electron chi connectivity index (χ4n) is 0.822. The highest BCUT2D eigenvalue weighted by Gasteiger charge is 2.04. The number of ether oxygens (including phenoxy) is 2. The van der Waals surface area contributed by atoms with Crippen molar-refractivity contribution in [2.45, 2.75) is 0 Å². The van der Waals surface area contributed by atoms with Gasteiger partial charge in [-0.1, -0.05) is 0 Å². The molecule has 0 spiro atoms. The highest BCUT2D eigenvalue weighted by atomic mass is 32.2. The second-order valence-corrected chi connectivity index (χ2v) is 7.01. The smallest absolute Gasteiger partial charge is 0.264 e. The molecule has 0 fully saturated rings. The van der Waals surface area contributed by atoms with Gasteiger partial charge in [0.15, 0.2) is 0 Å². The third-order valence-corrected chi connectivity index (χ3v) is 2.71. The minimum Gasteiger partial charge on any atom is -0.394 e. The first kappa shape index (κ1) is 23.9. The van der Waals surface area contributed by atoms with Crippen LogP contribution >= 0.6 is 0 Å². The van der Waals surface area contributed by atoms with Crippen molar-refractivity contribution < 1.29 is 44.9 Å². The van der Waals surface area contributed by atoms with E-state index in [-0.39, 0.29) is 26.4 Å². The van der Waals surface area contributed by atoms with E-state index < -0.39 is 20.2 Å². The molecule has 0 aromatic carbocycles. The van der Waals surface area contributed by atoms with E-state index in [0.717, 1.165) is 12.5 Å². The topological polar surface area (TPSA) is 146 Å². The molecular weight excluding hydrogens is 344 g/mol. The van der Waals surface area contributed by atoms with E-state index in [9.17, 15) is 16.8 Å². The summed E-state index contributed by atoms with van der Waals surface area (Å²) in [5, 5.41) is 16.5. The summed E-state index contributed by atoms with van der Waals surface area (Å²) in [7, 11) is -7.03. The second kappa shape index (κ2) is 14.3. The van der Waals surface area contributed by atoms with Crippen LogP contribution in [0.3, 0.4) is 0 Å². The zero-order chi connectivity index (χ0) is 17.5. The molecule has 0 radical (unpaired) electrons. The molecule has 0 aliphatic carbocycles. The van der Waals surface area contributed by atoms with Gasteiger partial charge >= 0.3 is 0 Å². The second-order valence-electron chi connectivity index (χ2n) is 3.72. The van der Waals surface area contributed by atoms with Crippen molar-refractivity contribution in [3.05, 3.63) is 0 Å². The first-order valence-electron chi connectivity index (χ1n) is 6.18. The maximum atomic E-state index is 10.3. The highest BCUT2D eigenvalue weighted by Crippen LogP contribution is 1.90. The summed E-state index contributed by atoms with van der Waals surface area (Å²) < 4.78 is 59.5. The van der Waals surface area contributed by atoms with Gasteiger partial charge in [-0.05, 0) is 0 Å². The quantitative estimate of drug-likeness (QED) is 0.291. The summed E-state index contributed by atoms with van der Waals surface area (Å²) in [6, 6.07) is 0. The van der Waals surface area contributed by atoms with Gasteiger partial charge in [0.05, 0.1) is 65.4 Å². The Labute approximate surface area is 131 Å². The average molecular weight is 368 g/mol. The Hall–Kier alpha value is -0.340. The summed E-state index contributed by atoms with van der Waals surface area (Å²) >= 11 is 0. The summed E-state index contributed by atoms with van der Waals surface area (Å²) in [6.07, 6.45) is 1.74. The van der Waals surface area contributed by atoms with Crippen molar-refractivity contribution in [2.24, 2.45) is 0 Å². The molecule has 136 valence electrons. The highest BCUT2D eigenvalue weighted by molar-refractivity contribution is 7.86. The summed E-state index contributed by atoms with van der Waals surface area (Å²) in [6.45, 7) is 1.13. The van der Waals surface area contributed by atoms with Crippen LogP contribution in [0.4, 0.5) is 0 Å². The van der Waals surface area contributed by atoms with Crippen molar-refractivity contribution in [3.8, 4) is 0 Å². The fraction of sp³-hybridized carbons (Fsp3) is 1.00. The molecule has 0 rings (SSSR count). The van der Waals surface area contributed by atoms with Crippen LogP contribution in [0.15, 0.2) is 0 Å². The monoisotopic (exact) mass is 368 g/mol. The van der Waals surface area contributed by atoms with Gasteiger partial charge in [0.2, 0.25) is 0 Å². The average Bonchev–Trinajstić information content (AvgIpc) is 2.38. The van der Waals surface area contributed by atoms with E-state index in [1.54, 1.807) is 0 Å². The lowest BCUT2D eigenvalue weighted by molar-refractivity contribution is 0.0222. The minimum atomic E-state index is -3.52. The number of aliphatic hydroxyl groups excluding tert-OH is 2. The molecule has 0 aliphatic rings. The Morgan fingerprint density at radius 2 is 0.955 bits per heavy atom. The van der Waals surface area contributed by atoms with Crippen molar-refractivity contribution in [1.29, 1.82) is 0 Å². The Morgan fingerprint density at radius 1 is 0.636 bits per heavy atom. The molecule has 10 nitrogen and oxygen atoms in total. The summed E-state index contributed by atoms with van der Waals surface area (Å²) in [5.74, 6) is 0. The molecule has 0 heterocycles. The zero-order valence-electron chi connectivity index (χ0n) is 12.6. The number of hydrogen-bond donors (Lipinski definition) is 2. The number of hydrogen-bond acceptors (Lipinski definition) is 10. The Bertz CT molecular complexity index is 389. The Balaban J connectivity index is 0. The third kappa shape index (κ3) is 27.9.